The molecule has 0 fully saturated rings. The number of hydrogen-bond acceptors (Lipinski definition) is 3. The number of sulfone groups is 1. The standard InChI is InChI=1S/C16H26BrNO2S/c1-3-18-13-15(8-6-10-21(19,20)4-2)11-14-7-5-9-16(17)12-14/h5,7,9,12,15,18H,3-4,6,8,10-11,13H2,1-2H3. The van der Waals surface area contributed by atoms with Crippen LogP contribution in [0.2, 0.25) is 0 Å². The van der Waals surface area contributed by atoms with E-state index < -0.39 is 9.84 Å². The second kappa shape index (κ2) is 9.59. The lowest BCUT2D eigenvalue weighted by Crippen LogP contribution is -2.24. The van der Waals surface area contributed by atoms with Gasteiger partial charge in [0.2, 0.25) is 0 Å². The first-order valence-electron chi connectivity index (χ1n) is 7.62. The highest BCUT2D eigenvalue weighted by Gasteiger charge is 2.13. The van der Waals surface area contributed by atoms with Crippen molar-refractivity contribution in [1.82, 2.24) is 5.32 Å². The number of halogens is 1. The molecule has 0 heterocycles. The number of benzene rings is 1. The van der Waals surface area contributed by atoms with E-state index in [1.807, 2.05) is 12.1 Å². The highest BCUT2D eigenvalue weighted by Crippen LogP contribution is 2.18. The van der Waals surface area contributed by atoms with Crippen LogP contribution in [0, 0.1) is 5.92 Å². The zero-order valence-corrected chi connectivity index (χ0v) is 15.3. The second-order valence-electron chi connectivity index (χ2n) is 5.39. The van der Waals surface area contributed by atoms with Crippen LogP contribution in [0.5, 0.6) is 0 Å². The first kappa shape index (κ1) is 18.7. The highest BCUT2D eigenvalue weighted by molar-refractivity contribution is 9.10. The van der Waals surface area contributed by atoms with Crippen LogP contribution in [0.4, 0.5) is 0 Å². The van der Waals surface area contributed by atoms with Gasteiger partial charge in [-0.05, 0) is 56.0 Å². The maximum atomic E-state index is 11.6. The molecule has 0 saturated carbocycles. The molecule has 1 aromatic rings. The Hall–Kier alpha value is -0.390. The van der Waals surface area contributed by atoms with Gasteiger partial charge in [-0.2, -0.15) is 0 Å². The summed E-state index contributed by atoms with van der Waals surface area (Å²) in [6.45, 7) is 5.70. The average molecular weight is 376 g/mol. The summed E-state index contributed by atoms with van der Waals surface area (Å²) >= 11 is 3.50. The van der Waals surface area contributed by atoms with E-state index >= 15 is 0 Å². The minimum atomic E-state index is -2.84. The van der Waals surface area contributed by atoms with Gasteiger partial charge >= 0.3 is 0 Å². The molecule has 0 amide bonds. The topological polar surface area (TPSA) is 46.2 Å². The summed E-state index contributed by atoms with van der Waals surface area (Å²) in [5.41, 5.74) is 1.30. The minimum absolute atomic E-state index is 0.247. The van der Waals surface area contributed by atoms with Gasteiger partial charge < -0.3 is 5.32 Å². The van der Waals surface area contributed by atoms with Gasteiger partial charge in [0.05, 0.1) is 5.75 Å². The van der Waals surface area contributed by atoms with Crippen molar-refractivity contribution in [2.75, 3.05) is 24.6 Å². The zero-order chi connectivity index (χ0) is 15.7. The Balaban J connectivity index is 2.55. The van der Waals surface area contributed by atoms with Crippen LogP contribution in [0.1, 0.15) is 32.3 Å². The first-order valence-corrected chi connectivity index (χ1v) is 10.2. The summed E-state index contributed by atoms with van der Waals surface area (Å²) in [7, 11) is -2.84. The highest BCUT2D eigenvalue weighted by atomic mass is 79.9. The predicted octanol–water partition coefficient (Wildman–Crippen LogP) is 3.43. The van der Waals surface area contributed by atoms with Gasteiger partial charge in [-0.1, -0.05) is 41.9 Å². The predicted molar refractivity (Wildman–Crippen MR) is 93.4 cm³/mol. The number of hydrogen-bond donors (Lipinski definition) is 1. The van der Waals surface area contributed by atoms with E-state index in [2.05, 4.69) is 40.3 Å². The van der Waals surface area contributed by atoms with Crippen LogP contribution < -0.4 is 5.32 Å². The van der Waals surface area contributed by atoms with Gasteiger partial charge in [0.1, 0.15) is 9.84 Å². The molecule has 0 aliphatic heterocycles. The molecule has 0 radical (unpaired) electrons. The summed E-state index contributed by atoms with van der Waals surface area (Å²) in [6, 6.07) is 8.34. The van der Waals surface area contributed by atoms with E-state index in [-0.39, 0.29) is 5.75 Å². The van der Waals surface area contributed by atoms with Crippen molar-refractivity contribution in [2.24, 2.45) is 5.92 Å². The van der Waals surface area contributed by atoms with Gasteiger partial charge in [0, 0.05) is 10.2 Å². The SMILES string of the molecule is CCNCC(CCCS(=O)(=O)CC)Cc1cccc(Br)c1. The Labute approximate surface area is 137 Å². The van der Waals surface area contributed by atoms with Gasteiger partial charge in [-0.15, -0.1) is 0 Å². The van der Waals surface area contributed by atoms with Crippen LogP contribution in [-0.2, 0) is 16.3 Å². The Bertz CT molecular complexity index is 517. The van der Waals surface area contributed by atoms with Gasteiger partial charge in [0.25, 0.3) is 0 Å². The van der Waals surface area contributed by atoms with Crippen molar-refractivity contribution in [3.05, 3.63) is 34.3 Å². The number of nitrogens with one attached hydrogen (secondary N) is 1. The van der Waals surface area contributed by atoms with Crippen molar-refractivity contribution in [1.29, 1.82) is 0 Å². The molecule has 0 aliphatic carbocycles. The Kier molecular flexibility index (Phi) is 8.52. The van der Waals surface area contributed by atoms with Crippen LogP contribution in [0.15, 0.2) is 28.7 Å². The lowest BCUT2D eigenvalue weighted by atomic mass is 9.95. The van der Waals surface area contributed by atoms with Gasteiger partial charge in [-0.25, -0.2) is 8.42 Å². The van der Waals surface area contributed by atoms with E-state index in [9.17, 15) is 8.42 Å². The van der Waals surface area contributed by atoms with Crippen molar-refractivity contribution < 1.29 is 8.42 Å². The fourth-order valence-electron chi connectivity index (χ4n) is 2.36. The molecule has 1 N–H and O–H groups in total. The monoisotopic (exact) mass is 375 g/mol. The molecule has 0 aromatic heterocycles. The molecule has 21 heavy (non-hydrogen) atoms. The van der Waals surface area contributed by atoms with Crippen LogP contribution >= 0.6 is 15.9 Å². The molecule has 1 rings (SSSR count). The second-order valence-corrected chi connectivity index (χ2v) is 8.77. The summed E-state index contributed by atoms with van der Waals surface area (Å²) < 4.78 is 24.2. The molecule has 5 heteroatoms. The van der Waals surface area contributed by atoms with Crippen molar-refractivity contribution in [3.63, 3.8) is 0 Å². The van der Waals surface area contributed by atoms with E-state index in [1.54, 1.807) is 6.92 Å². The van der Waals surface area contributed by atoms with E-state index in [4.69, 9.17) is 0 Å². The maximum absolute atomic E-state index is 11.6. The first-order chi connectivity index (χ1) is 9.96. The van der Waals surface area contributed by atoms with Gasteiger partial charge in [0.15, 0.2) is 0 Å². The molecule has 3 nitrogen and oxygen atoms in total. The molecule has 0 bridgehead atoms. The van der Waals surface area contributed by atoms with Gasteiger partial charge in [-0.3, -0.25) is 0 Å². The van der Waals surface area contributed by atoms with Crippen LogP contribution in [0.3, 0.4) is 0 Å². The molecular formula is C16H26BrNO2S. The van der Waals surface area contributed by atoms with Crippen LogP contribution in [0.25, 0.3) is 0 Å². The lowest BCUT2D eigenvalue weighted by Gasteiger charge is -2.17. The molecule has 1 atom stereocenters. The molecule has 0 spiro atoms. The normalized spacial score (nSPS) is 13.3. The lowest BCUT2D eigenvalue weighted by molar-refractivity contribution is 0.444. The third-order valence-corrected chi connectivity index (χ3v) is 5.89. The minimum Gasteiger partial charge on any atom is -0.317 e. The Morgan fingerprint density at radius 1 is 1.29 bits per heavy atom. The third-order valence-electron chi connectivity index (χ3n) is 3.60. The molecule has 120 valence electrons. The molecule has 1 unspecified atom stereocenters. The Morgan fingerprint density at radius 3 is 2.67 bits per heavy atom. The largest absolute Gasteiger partial charge is 0.317 e. The fourth-order valence-corrected chi connectivity index (χ4v) is 3.70. The van der Waals surface area contributed by atoms with Crippen molar-refractivity contribution >= 4 is 25.8 Å². The van der Waals surface area contributed by atoms with E-state index in [0.29, 0.717) is 11.7 Å². The maximum Gasteiger partial charge on any atom is 0.150 e. The summed E-state index contributed by atoms with van der Waals surface area (Å²) in [5, 5.41) is 3.38. The Morgan fingerprint density at radius 2 is 2.05 bits per heavy atom. The van der Waals surface area contributed by atoms with E-state index in [1.165, 1.54) is 5.56 Å². The summed E-state index contributed by atoms with van der Waals surface area (Å²) in [6.07, 6.45) is 2.68. The smallest absolute Gasteiger partial charge is 0.150 e. The molecule has 0 aliphatic rings. The summed E-state index contributed by atoms with van der Waals surface area (Å²) in [5.74, 6) is 1.03. The third kappa shape index (κ3) is 7.98. The van der Waals surface area contributed by atoms with Crippen LogP contribution in [-0.4, -0.2) is 33.0 Å². The summed E-state index contributed by atoms with van der Waals surface area (Å²) in [4.78, 5) is 0. The molecule has 0 saturated heterocycles. The zero-order valence-electron chi connectivity index (χ0n) is 12.9. The molecule has 1 aromatic carbocycles. The quantitative estimate of drug-likeness (QED) is 0.681. The fraction of sp³-hybridized carbons (Fsp3) is 0.625. The van der Waals surface area contributed by atoms with Crippen molar-refractivity contribution in [3.8, 4) is 0 Å². The van der Waals surface area contributed by atoms with Crippen molar-refractivity contribution in [2.45, 2.75) is 33.1 Å². The number of rotatable bonds is 10. The average Bonchev–Trinajstić information content (AvgIpc) is 2.44. The molecular weight excluding hydrogens is 350 g/mol. The van der Waals surface area contributed by atoms with E-state index in [0.717, 1.165) is 36.8 Å².